The van der Waals surface area contributed by atoms with Crippen LogP contribution in [0, 0.1) is 20.8 Å². The van der Waals surface area contributed by atoms with Crippen molar-refractivity contribution >= 4 is 5.96 Å². The van der Waals surface area contributed by atoms with Gasteiger partial charge in [-0.25, -0.2) is 0 Å². The summed E-state index contributed by atoms with van der Waals surface area (Å²) in [5.41, 5.74) is 10.9. The zero-order valence-corrected chi connectivity index (χ0v) is 9.46. The summed E-state index contributed by atoms with van der Waals surface area (Å²) in [5, 5.41) is 3.20. The molecule has 1 atom stereocenters. The summed E-state index contributed by atoms with van der Waals surface area (Å²) in [6.07, 6.45) is 0. The molecule has 1 aliphatic heterocycles. The number of rotatable bonds is 1. The zero-order valence-electron chi connectivity index (χ0n) is 9.46. The minimum atomic E-state index is 0.255. The molecule has 0 saturated carbocycles. The first-order valence-electron chi connectivity index (χ1n) is 5.22. The molecule has 15 heavy (non-hydrogen) atoms. The lowest BCUT2D eigenvalue weighted by Crippen LogP contribution is -2.30. The molecule has 1 aromatic carbocycles. The predicted molar refractivity (Wildman–Crippen MR) is 63.0 cm³/mol. The first-order valence-corrected chi connectivity index (χ1v) is 5.22. The van der Waals surface area contributed by atoms with E-state index in [1.807, 2.05) is 0 Å². The lowest BCUT2D eigenvalue weighted by Gasteiger charge is -2.17. The average molecular weight is 203 g/mol. The lowest BCUT2D eigenvalue weighted by molar-refractivity contribution is 0.697. The second-order valence-corrected chi connectivity index (χ2v) is 4.24. The molecular formula is C12H17N3. The average Bonchev–Trinajstić information content (AvgIpc) is 2.49. The second-order valence-electron chi connectivity index (χ2n) is 4.24. The van der Waals surface area contributed by atoms with Crippen molar-refractivity contribution in [3.05, 3.63) is 34.4 Å². The van der Waals surface area contributed by atoms with E-state index in [4.69, 9.17) is 5.73 Å². The Balaban J connectivity index is 2.37. The molecule has 1 unspecified atom stereocenters. The molecule has 0 saturated heterocycles. The van der Waals surface area contributed by atoms with Crippen LogP contribution in [0.25, 0.3) is 0 Å². The topological polar surface area (TPSA) is 50.4 Å². The van der Waals surface area contributed by atoms with E-state index in [1.54, 1.807) is 0 Å². The molecule has 0 radical (unpaired) electrons. The smallest absolute Gasteiger partial charge is 0.189 e. The van der Waals surface area contributed by atoms with Gasteiger partial charge in [0.1, 0.15) is 0 Å². The molecule has 0 aliphatic carbocycles. The van der Waals surface area contributed by atoms with Crippen molar-refractivity contribution in [1.29, 1.82) is 0 Å². The first-order chi connectivity index (χ1) is 7.08. The maximum Gasteiger partial charge on any atom is 0.189 e. The van der Waals surface area contributed by atoms with Crippen molar-refractivity contribution < 1.29 is 0 Å². The Morgan fingerprint density at radius 2 is 1.87 bits per heavy atom. The number of benzene rings is 1. The summed E-state index contributed by atoms with van der Waals surface area (Å²) in [6.45, 7) is 7.16. The Bertz CT molecular complexity index is 398. The van der Waals surface area contributed by atoms with Crippen LogP contribution in [0.5, 0.6) is 0 Å². The number of hydrogen-bond acceptors (Lipinski definition) is 3. The van der Waals surface area contributed by atoms with E-state index in [2.05, 4.69) is 43.2 Å². The van der Waals surface area contributed by atoms with Gasteiger partial charge in [-0.3, -0.25) is 4.99 Å². The summed E-state index contributed by atoms with van der Waals surface area (Å²) in [4.78, 5) is 4.18. The molecule has 2 rings (SSSR count). The van der Waals surface area contributed by atoms with E-state index in [-0.39, 0.29) is 6.04 Å². The van der Waals surface area contributed by atoms with E-state index in [0.717, 1.165) is 6.54 Å². The molecule has 0 bridgehead atoms. The molecule has 0 fully saturated rings. The Labute approximate surface area is 90.4 Å². The molecule has 0 aromatic heterocycles. The number of nitrogens with two attached hydrogens (primary N) is 1. The summed E-state index contributed by atoms with van der Waals surface area (Å²) in [5.74, 6) is 0.555. The number of guanidine groups is 1. The highest BCUT2D eigenvalue weighted by atomic mass is 15.2. The van der Waals surface area contributed by atoms with Gasteiger partial charge in [0, 0.05) is 0 Å². The van der Waals surface area contributed by atoms with Crippen molar-refractivity contribution in [2.75, 3.05) is 6.54 Å². The van der Waals surface area contributed by atoms with Gasteiger partial charge in [-0.15, -0.1) is 0 Å². The van der Waals surface area contributed by atoms with Gasteiger partial charge in [-0.2, -0.15) is 0 Å². The Hall–Kier alpha value is -1.51. The van der Waals surface area contributed by atoms with Crippen LogP contribution in [0.3, 0.4) is 0 Å². The number of nitrogens with one attached hydrogen (secondary N) is 1. The van der Waals surface area contributed by atoms with E-state index >= 15 is 0 Å². The van der Waals surface area contributed by atoms with Gasteiger partial charge in [0.25, 0.3) is 0 Å². The molecule has 0 amide bonds. The van der Waals surface area contributed by atoms with Crippen molar-refractivity contribution in [1.82, 2.24) is 5.32 Å². The van der Waals surface area contributed by atoms with Crippen molar-refractivity contribution in [3.8, 4) is 0 Å². The van der Waals surface area contributed by atoms with Gasteiger partial charge >= 0.3 is 0 Å². The third-order valence-corrected chi connectivity index (χ3v) is 2.85. The number of hydrogen-bond donors (Lipinski definition) is 2. The van der Waals surface area contributed by atoms with Crippen molar-refractivity contribution in [3.63, 3.8) is 0 Å². The van der Waals surface area contributed by atoms with Gasteiger partial charge in [-0.05, 0) is 37.5 Å². The van der Waals surface area contributed by atoms with Crippen molar-refractivity contribution in [2.45, 2.75) is 26.8 Å². The number of aliphatic imine (C=N–C) groups is 1. The molecule has 0 spiro atoms. The SMILES string of the molecule is Cc1cc(C)c(C2CN=C(N)N2)c(C)c1. The minimum Gasteiger partial charge on any atom is -0.370 e. The predicted octanol–water partition coefficient (Wildman–Crippen LogP) is 1.57. The standard InChI is InChI=1S/C12H17N3/c1-7-4-8(2)11(9(3)5-7)10-6-14-12(13)15-10/h4-5,10H,6H2,1-3H3,(H3,13,14,15). The van der Waals surface area contributed by atoms with Crippen molar-refractivity contribution in [2.24, 2.45) is 10.7 Å². The molecule has 3 N–H and O–H groups in total. The quantitative estimate of drug-likeness (QED) is 0.728. The summed E-state index contributed by atoms with van der Waals surface area (Å²) in [7, 11) is 0. The highest BCUT2D eigenvalue weighted by Gasteiger charge is 2.20. The number of aryl methyl sites for hydroxylation is 3. The van der Waals surface area contributed by atoms with Crippen LogP contribution in [-0.4, -0.2) is 12.5 Å². The van der Waals surface area contributed by atoms with Crippen LogP contribution in [0.2, 0.25) is 0 Å². The van der Waals surface area contributed by atoms with E-state index in [0.29, 0.717) is 5.96 Å². The van der Waals surface area contributed by atoms with Crippen LogP contribution in [0.4, 0.5) is 0 Å². The first kappa shape index (κ1) is 10.0. The van der Waals surface area contributed by atoms with Crippen LogP contribution in [-0.2, 0) is 0 Å². The fraction of sp³-hybridized carbons (Fsp3) is 0.417. The molecule has 1 aliphatic rings. The van der Waals surface area contributed by atoms with Gasteiger partial charge in [0.2, 0.25) is 0 Å². The molecule has 3 nitrogen and oxygen atoms in total. The third-order valence-electron chi connectivity index (χ3n) is 2.85. The summed E-state index contributed by atoms with van der Waals surface area (Å²) in [6, 6.07) is 4.67. The van der Waals surface area contributed by atoms with Crippen LogP contribution < -0.4 is 11.1 Å². The second kappa shape index (κ2) is 3.57. The highest BCUT2D eigenvalue weighted by molar-refractivity contribution is 5.80. The van der Waals surface area contributed by atoms with Crippen LogP contribution in [0.15, 0.2) is 17.1 Å². The van der Waals surface area contributed by atoms with E-state index < -0.39 is 0 Å². The third kappa shape index (κ3) is 1.82. The molecule has 1 heterocycles. The normalized spacial score (nSPS) is 19.9. The summed E-state index contributed by atoms with van der Waals surface area (Å²) >= 11 is 0. The molecular weight excluding hydrogens is 186 g/mol. The number of nitrogens with zero attached hydrogens (tertiary/aromatic N) is 1. The van der Waals surface area contributed by atoms with E-state index in [9.17, 15) is 0 Å². The monoisotopic (exact) mass is 203 g/mol. The van der Waals surface area contributed by atoms with Crippen LogP contribution in [0.1, 0.15) is 28.3 Å². The van der Waals surface area contributed by atoms with Gasteiger partial charge in [-0.1, -0.05) is 17.7 Å². The summed E-state index contributed by atoms with van der Waals surface area (Å²) < 4.78 is 0. The molecule has 3 heteroatoms. The maximum atomic E-state index is 5.63. The zero-order chi connectivity index (χ0) is 11.0. The Morgan fingerprint density at radius 3 is 2.33 bits per heavy atom. The molecule has 1 aromatic rings. The maximum absolute atomic E-state index is 5.63. The van der Waals surface area contributed by atoms with Gasteiger partial charge in [0.15, 0.2) is 5.96 Å². The minimum absolute atomic E-state index is 0.255. The lowest BCUT2D eigenvalue weighted by atomic mass is 9.94. The Kier molecular flexibility index (Phi) is 2.39. The van der Waals surface area contributed by atoms with Crippen LogP contribution >= 0.6 is 0 Å². The van der Waals surface area contributed by atoms with Gasteiger partial charge < -0.3 is 11.1 Å². The van der Waals surface area contributed by atoms with Gasteiger partial charge in [0.05, 0.1) is 12.6 Å². The van der Waals surface area contributed by atoms with E-state index in [1.165, 1.54) is 22.3 Å². The highest BCUT2D eigenvalue weighted by Crippen LogP contribution is 2.25. The Morgan fingerprint density at radius 1 is 1.27 bits per heavy atom. The largest absolute Gasteiger partial charge is 0.370 e. The molecule has 80 valence electrons. The fourth-order valence-electron chi connectivity index (χ4n) is 2.36. The fourth-order valence-corrected chi connectivity index (χ4v) is 2.36.